The number of alkyl halides is 2. The molecule has 9 heteroatoms. The first kappa shape index (κ1) is 22.5. The van der Waals surface area contributed by atoms with Crippen LogP contribution in [0, 0.1) is 5.92 Å². The second-order valence-corrected chi connectivity index (χ2v) is 7.48. The lowest BCUT2D eigenvalue weighted by molar-refractivity contribution is 0.137. The molecule has 0 aliphatic carbocycles. The Hall–Kier alpha value is -2.81. The monoisotopic (exact) mass is 408 g/mol. The third kappa shape index (κ3) is 6.63. The minimum Gasteiger partial charge on any atom is -0.475 e. The Kier molecular flexibility index (Phi) is 7.44. The topological polar surface area (TPSA) is 99.4 Å². The minimum atomic E-state index is -2.78. The van der Waals surface area contributed by atoms with Gasteiger partial charge in [0.15, 0.2) is 0 Å². The summed E-state index contributed by atoms with van der Waals surface area (Å²) in [5, 5.41) is 2.30. The van der Waals surface area contributed by atoms with Crippen molar-refractivity contribution in [1.82, 2.24) is 15.3 Å². The molecular weight excluding hydrogens is 382 g/mol. The first-order valence-electron chi connectivity index (χ1n) is 9.17. The average molecular weight is 408 g/mol. The van der Waals surface area contributed by atoms with Gasteiger partial charge in [-0.15, -0.1) is 0 Å². The summed E-state index contributed by atoms with van der Waals surface area (Å²) in [5.41, 5.74) is 6.11. The Morgan fingerprint density at radius 1 is 1.28 bits per heavy atom. The van der Waals surface area contributed by atoms with Gasteiger partial charge in [0, 0.05) is 36.6 Å². The summed E-state index contributed by atoms with van der Waals surface area (Å²) in [6.45, 7) is 5.93. The van der Waals surface area contributed by atoms with Gasteiger partial charge >= 0.3 is 6.09 Å². The number of ether oxygens (including phenoxy) is 2. The van der Waals surface area contributed by atoms with Crippen molar-refractivity contribution >= 4 is 6.09 Å². The summed E-state index contributed by atoms with van der Waals surface area (Å²) in [6, 6.07) is 4.35. The number of hydrogen-bond donors (Lipinski definition) is 2. The van der Waals surface area contributed by atoms with E-state index < -0.39 is 18.1 Å². The molecule has 7 nitrogen and oxygen atoms in total. The highest BCUT2D eigenvalue weighted by Gasteiger charge is 2.24. The number of hydrogen-bond acceptors (Lipinski definition) is 6. The molecule has 0 fully saturated rings. The smallest absolute Gasteiger partial charge is 0.413 e. The molecule has 2 aromatic heterocycles. The molecule has 0 aliphatic heterocycles. The summed E-state index contributed by atoms with van der Waals surface area (Å²) in [5.74, 6) is 0.227. The molecular formula is C20H26F2N4O3. The van der Waals surface area contributed by atoms with Crippen molar-refractivity contribution in [1.29, 1.82) is 0 Å². The second-order valence-electron chi connectivity index (χ2n) is 7.48. The molecule has 0 saturated carbocycles. The summed E-state index contributed by atoms with van der Waals surface area (Å²) >= 11 is 0. The number of pyridine rings is 2. The number of nitrogens with one attached hydrogen (secondary N) is 1. The molecule has 1 amide bonds. The van der Waals surface area contributed by atoms with Crippen LogP contribution in [0.1, 0.15) is 39.2 Å². The fourth-order valence-corrected chi connectivity index (χ4v) is 2.92. The van der Waals surface area contributed by atoms with Crippen molar-refractivity contribution in [2.24, 2.45) is 11.7 Å². The van der Waals surface area contributed by atoms with Gasteiger partial charge in [-0.3, -0.25) is 0 Å². The van der Waals surface area contributed by atoms with Crippen molar-refractivity contribution in [3.05, 3.63) is 36.2 Å². The predicted molar refractivity (Wildman–Crippen MR) is 105 cm³/mol. The van der Waals surface area contributed by atoms with Gasteiger partial charge in [-0.2, -0.15) is 0 Å². The van der Waals surface area contributed by atoms with E-state index in [1.54, 1.807) is 6.07 Å². The summed E-state index contributed by atoms with van der Waals surface area (Å²) in [7, 11) is 1.41. The van der Waals surface area contributed by atoms with Crippen LogP contribution < -0.4 is 20.5 Å². The summed E-state index contributed by atoms with van der Waals surface area (Å²) in [6.07, 6.45) is 0.0359. The van der Waals surface area contributed by atoms with Gasteiger partial charge in [-0.25, -0.2) is 23.5 Å². The van der Waals surface area contributed by atoms with E-state index in [4.69, 9.17) is 15.2 Å². The molecule has 3 N–H and O–H groups in total. The maximum absolute atomic E-state index is 13.6. The average Bonchev–Trinajstić information content (AvgIpc) is 2.65. The fourth-order valence-electron chi connectivity index (χ4n) is 2.92. The first-order chi connectivity index (χ1) is 13.6. The Balaban J connectivity index is 2.26. The van der Waals surface area contributed by atoms with Crippen LogP contribution in [0.25, 0.3) is 11.1 Å². The molecule has 29 heavy (non-hydrogen) atoms. The van der Waals surface area contributed by atoms with Gasteiger partial charge in [0.1, 0.15) is 6.61 Å². The first-order valence-corrected chi connectivity index (χ1v) is 9.17. The van der Waals surface area contributed by atoms with Crippen molar-refractivity contribution < 1.29 is 23.0 Å². The number of nitrogens with zero attached hydrogens (tertiary/aromatic N) is 2. The molecule has 2 rings (SSSR count). The Bertz CT molecular complexity index is 844. The Morgan fingerprint density at radius 3 is 2.62 bits per heavy atom. The lowest BCUT2D eigenvalue weighted by atomic mass is 9.93. The van der Waals surface area contributed by atoms with Crippen LogP contribution in [0.15, 0.2) is 30.6 Å². The van der Waals surface area contributed by atoms with Crippen LogP contribution in [0.2, 0.25) is 0 Å². The minimum absolute atomic E-state index is 0.0355. The SMILES string of the molecule is CNC(=O)Oc1cc(-c2cnc(OC[C@@](C)(N)CC(C)C)c(C(F)F)c2)ccn1. The zero-order chi connectivity index (χ0) is 21.6. The quantitative estimate of drug-likeness (QED) is 0.686. The number of rotatable bonds is 8. The van der Waals surface area contributed by atoms with E-state index in [1.165, 1.54) is 31.6 Å². The number of halogens is 2. The second kappa shape index (κ2) is 9.60. The van der Waals surface area contributed by atoms with E-state index in [1.807, 2.05) is 20.8 Å². The summed E-state index contributed by atoms with van der Waals surface area (Å²) < 4.78 is 37.7. The number of amides is 1. The van der Waals surface area contributed by atoms with Gasteiger partial charge in [0.25, 0.3) is 6.43 Å². The third-order valence-corrected chi connectivity index (χ3v) is 4.00. The van der Waals surface area contributed by atoms with E-state index in [9.17, 15) is 13.6 Å². The zero-order valence-corrected chi connectivity index (χ0v) is 16.9. The Labute approximate surface area is 168 Å². The summed E-state index contributed by atoms with van der Waals surface area (Å²) in [4.78, 5) is 19.3. The number of nitrogens with two attached hydrogens (primary N) is 1. The molecule has 0 bridgehead atoms. The van der Waals surface area contributed by atoms with Gasteiger partial charge < -0.3 is 20.5 Å². The third-order valence-electron chi connectivity index (χ3n) is 4.00. The van der Waals surface area contributed by atoms with Gasteiger partial charge in [-0.05, 0) is 37.0 Å². The lowest BCUT2D eigenvalue weighted by Gasteiger charge is -2.26. The molecule has 2 aromatic rings. The molecule has 158 valence electrons. The maximum Gasteiger partial charge on any atom is 0.413 e. The molecule has 0 aromatic carbocycles. The van der Waals surface area contributed by atoms with E-state index in [0.717, 1.165) is 0 Å². The number of carbonyl (C=O) groups excluding carboxylic acids is 1. The van der Waals surface area contributed by atoms with Crippen LogP contribution >= 0.6 is 0 Å². The number of aromatic nitrogens is 2. The highest BCUT2D eigenvalue weighted by molar-refractivity contribution is 5.71. The molecule has 0 saturated heterocycles. The van der Waals surface area contributed by atoms with Crippen molar-refractivity contribution in [3.63, 3.8) is 0 Å². The predicted octanol–water partition coefficient (Wildman–Crippen LogP) is 3.94. The molecule has 0 unspecified atom stereocenters. The van der Waals surface area contributed by atoms with E-state index in [0.29, 0.717) is 23.5 Å². The van der Waals surface area contributed by atoms with Crippen LogP contribution in [0.3, 0.4) is 0 Å². The maximum atomic E-state index is 13.6. The zero-order valence-electron chi connectivity index (χ0n) is 16.9. The van der Waals surface area contributed by atoms with Gasteiger partial charge in [-0.1, -0.05) is 13.8 Å². The molecule has 0 spiro atoms. The van der Waals surface area contributed by atoms with Crippen LogP contribution in [0.4, 0.5) is 13.6 Å². The normalized spacial score (nSPS) is 13.3. The highest BCUT2D eigenvalue weighted by atomic mass is 19.3. The standard InChI is InChI=1S/C20H26F2N4O3/c1-12(2)9-20(3,23)11-28-18-15(17(21)22)7-14(10-26-18)13-5-6-25-16(8-13)29-19(27)24-4/h5-8,10,12,17H,9,11,23H2,1-4H3,(H,24,27)/t20-/m0/s1. The fraction of sp³-hybridized carbons (Fsp3) is 0.450. The van der Waals surface area contributed by atoms with Crippen molar-refractivity contribution in [3.8, 4) is 22.9 Å². The largest absolute Gasteiger partial charge is 0.475 e. The van der Waals surface area contributed by atoms with Gasteiger partial charge in [0.05, 0.1) is 5.56 Å². The lowest BCUT2D eigenvalue weighted by Crippen LogP contribution is -2.43. The van der Waals surface area contributed by atoms with E-state index in [-0.39, 0.29) is 23.9 Å². The molecule has 2 heterocycles. The Morgan fingerprint density at radius 2 is 2.00 bits per heavy atom. The number of carbonyl (C=O) groups is 1. The van der Waals surface area contributed by atoms with Crippen LogP contribution in [-0.4, -0.2) is 35.3 Å². The van der Waals surface area contributed by atoms with E-state index in [2.05, 4.69) is 15.3 Å². The van der Waals surface area contributed by atoms with Crippen LogP contribution in [-0.2, 0) is 0 Å². The van der Waals surface area contributed by atoms with E-state index >= 15 is 0 Å². The molecule has 0 radical (unpaired) electrons. The molecule has 1 atom stereocenters. The van der Waals surface area contributed by atoms with Gasteiger partial charge in [0.2, 0.25) is 11.8 Å². The van der Waals surface area contributed by atoms with Crippen LogP contribution in [0.5, 0.6) is 11.8 Å². The molecule has 0 aliphatic rings. The van der Waals surface area contributed by atoms with Crippen molar-refractivity contribution in [2.45, 2.75) is 39.2 Å². The van der Waals surface area contributed by atoms with Crippen molar-refractivity contribution in [2.75, 3.05) is 13.7 Å². The highest BCUT2D eigenvalue weighted by Crippen LogP contribution is 2.32.